The number of likely N-dealkylation sites (N-methyl/N-ethyl adjacent to an activating group) is 1. The molecule has 9 nitrogen and oxygen atoms in total. The number of nitrogens with zero attached hydrogens (tertiary/aromatic N) is 3. The summed E-state index contributed by atoms with van der Waals surface area (Å²) in [5.41, 5.74) is 1.97. The number of carbonyl (C=O) groups excluding carboxylic acids is 3. The molecular formula is C19H25N5O4. The van der Waals surface area contributed by atoms with Gasteiger partial charge in [-0.25, -0.2) is 9.78 Å². The summed E-state index contributed by atoms with van der Waals surface area (Å²) in [6.45, 7) is 1.01. The van der Waals surface area contributed by atoms with E-state index in [0.29, 0.717) is 36.1 Å². The highest BCUT2D eigenvalue weighted by molar-refractivity contribution is 5.98. The van der Waals surface area contributed by atoms with Crippen molar-refractivity contribution in [2.75, 3.05) is 20.7 Å². The summed E-state index contributed by atoms with van der Waals surface area (Å²) in [7, 11) is 3.16. The fraction of sp³-hybridized carbons (Fsp3) is 0.579. The van der Waals surface area contributed by atoms with Gasteiger partial charge in [-0.2, -0.15) is 0 Å². The average Bonchev–Trinajstić information content (AvgIpc) is 3.40. The first-order valence-electron chi connectivity index (χ1n) is 9.65. The van der Waals surface area contributed by atoms with Crippen LogP contribution in [0.15, 0.2) is 6.07 Å². The molecule has 1 aromatic heterocycles. The molecule has 28 heavy (non-hydrogen) atoms. The van der Waals surface area contributed by atoms with Crippen LogP contribution in [0, 0.1) is 0 Å². The molecule has 1 aliphatic carbocycles. The number of hydrogen-bond acceptors (Lipinski definition) is 5. The normalized spacial score (nSPS) is 21.9. The zero-order chi connectivity index (χ0) is 19.8. The van der Waals surface area contributed by atoms with E-state index in [1.807, 2.05) is 4.90 Å². The fourth-order valence-corrected chi connectivity index (χ4v) is 4.20. The van der Waals surface area contributed by atoms with Crippen LogP contribution >= 0.6 is 0 Å². The summed E-state index contributed by atoms with van der Waals surface area (Å²) in [5.74, 6) is 0.140. The molecular weight excluding hydrogens is 362 g/mol. The minimum absolute atomic E-state index is 0.00862. The Labute approximate surface area is 163 Å². The quantitative estimate of drug-likeness (QED) is 0.771. The zero-order valence-electron chi connectivity index (χ0n) is 16.2. The lowest BCUT2D eigenvalue weighted by molar-refractivity contribution is -0.122. The third-order valence-corrected chi connectivity index (χ3v) is 5.78. The van der Waals surface area contributed by atoms with E-state index < -0.39 is 6.04 Å². The zero-order valence-corrected chi connectivity index (χ0v) is 16.2. The second-order valence-corrected chi connectivity index (χ2v) is 7.62. The van der Waals surface area contributed by atoms with Crippen molar-refractivity contribution in [3.63, 3.8) is 0 Å². The Balaban J connectivity index is 1.47. The van der Waals surface area contributed by atoms with Crippen LogP contribution in [0.3, 0.4) is 0 Å². The maximum absolute atomic E-state index is 12.9. The number of amides is 4. The summed E-state index contributed by atoms with van der Waals surface area (Å²) >= 11 is 0. The van der Waals surface area contributed by atoms with Gasteiger partial charge in [0.15, 0.2) is 0 Å². The van der Waals surface area contributed by atoms with Crippen molar-refractivity contribution in [2.45, 2.75) is 50.9 Å². The molecule has 0 spiro atoms. The van der Waals surface area contributed by atoms with E-state index in [9.17, 15) is 14.4 Å². The molecule has 0 radical (unpaired) electrons. The molecule has 1 saturated carbocycles. The number of aromatic nitrogens is 1. The molecule has 1 saturated heterocycles. The summed E-state index contributed by atoms with van der Waals surface area (Å²) < 4.78 is 5.39. The van der Waals surface area contributed by atoms with Crippen LogP contribution in [0.5, 0.6) is 5.88 Å². The van der Waals surface area contributed by atoms with Gasteiger partial charge in [0.25, 0.3) is 5.91 Å². The Morgan fingerprint density at radius 3 is 2.75 bits per heavy atom. The van der Waals surface area contributed by atoms with Crippen LogP contribution in [0.1, 0.15) is 47.3 Å². The van der Waals surface area contributed by atoms with Gasteiger partial charge in [0.1, 0.15) is 6.04 Å². The Morgan fingerprint density at radius 2 is 2.11 bits per heavy atom. The van der Waals surface area contributed by atoms with E-state index in [1.165, 1.54) is 12.0 Å². The first-order chi connectivity index (χ1) is 13.5. The van der Waals surface area contributed by atoms with Crippen LogP contribution < -0.4 is 15.4 Å². The fourth-order valence-electron chi connectivity index (χ4n) is 4.20. The monoisotopic (exact) mass is 387 g/mol. The third-order valence-electron chi connectivity index (χ3n) is 5.78. The SMILES string of the molecule is COc1nc2c(cc1CNC(=O)[C@H]1CN(C)C(=O)N1)C(=O)N(C1CCCC1)C2. The van der Waals surface area contributed by atoms with Crippen molar-refractivity contribution in [3.05, 3.63) is 22.9 Å². The van der Waals surface area contributed by atoms with Crippen LogP contribution in [-0.4, -0.2) is 65.4 Å². The number of urea groups is 1. The van der Waals surface area contributed by atoms with Crippen molar-refractivity contribution in [1.29, 1.82) is 0 Å². The van der Waals surface area contributed by atoms with Gasteiger partial charge in [-0.3, -0.25) is 9.59 Å². The van der Waals surface area contributed by atoms with Crippen LogP contribution in [-0.2, 0) is 17.9 Å². The highest BCUT2D eigenvalue weighted by Gasteiger charge is 2.36. The molecule has 1 aromatic rings. The smallest absolute Gasteiger partial charge is 0.317 e. The van der Waals surface area contributed by atoms with Crippen molar-refractivity contribution in [2.24, 2.45) is 0 Å². The van der Waals surface area contributed by atoms with Crippen molar-refractivity contribution < 1.29 is 19.1 Å². The number of carbonyl (C=O) groups is 3. The first-order valence-corrected chi connectivity index (χ1v) is 9.65. The second-order valence-electron chi connectivity index (χ2n) is 7.62. The van der Waals surface area contributed by atoms with Crippen LogP contribution in [0.4, 0.5) is 4.79 Å². The van der Waals surface area contributed by atoms with Gasteiger partial charge < -0.3 is 25.2 Å². The first kappa shape index (κ1) is 18.5. The molecule has 150 valence electrons. The highest BCUT2D eigenvalue weighted by Crippen LogP contribution is 2.33. The van der Waals surface area contributed by atoms with Gasteiger partial charge in [0, 0.05) is 25.2 Å². The van der Waals surface area contributed by atoms with E-state index in [2.05, 4.69) is 15.6 Å². The van der Waals surface area contributed by atoms with E-state index >= 15 is 0 Å². The Hall–Kier alpha value is -2.84. The molecule has 3 aliphatic rings. The number of ether oxygens (including phenoxy) is 1. The number of rotatable bonds is 5. The summed E-state index contributed by atoms with van der Waals surface area (Å²) in [5, 5.41) is 5.43. The topological polar surface area (TPSA) is 104 Å². The number of fused-ring (bicyclic) bond motifs is 1. The van der Waals surface area contributed by atoms with Crippen molar-refractivity contribution in [3.8, 4) is 5.88 Å². The minimum atomic E-state index is -0.592. The molecule has 3 heterocycles. The molecule has 2 aliphatic heterocycles. The lowest BCUT2D eigenvalue weighted by Crippen LogP contribution is -2.42. The number of methoxy groups -OCH3 is 1. The van der Waals surface area contributed by atoms with Gasteiger partial charge in [-0.1, -0.05) is 12.8 Å². The number of nitrogens with one attached hydrogen (secondary N) is 2. The largest absolute Gasteiger partial charge is 0.481 e. The lowest BCUT2D eigenvalue weighted by Gasteiger charge is -2.22. The summed E-state index contributed by atoms with van der Waals surface area (Å²) in [6.07, 6.45) is 4.40. The molecule has 4 rings (SSSR count). The van der Waals surface area contributed by atoms with E-state index in [4.69, 9.17) is 4.74 Å². The van der Waals surface area contributed by atoms with E-state index in [0.717, 1.165) is 31.4 Å². The number of pyridine rings is 1. The van der Waals surface area contributed by atoms with Gasteiger partial charge in [0.05, 0.1) is 31.5 Å². The predicted octanol–water partition coefficient (Wildman–Crippen LogP) is 0.628. The molecule has 4 amide bonds. The third kappa shape index (κ3) is 3.25. The predicted molar refractivity (Wildman–Crippen MR) is 99.7 cm³/mol. The molecule has 2 N–H and O–H groups in total. The minimum Gasteiger partial charge on any atom is -0.481 e. The standard InChI is InChI=1S/C19H25N5O4/c1-23-9-15(22-19(23)27)16(25)20-8-11-7-13-14(21-17(11)28-2)10-24(18(13)26)12-5-3-4-6-12/h7,12,15H,3-6,8-10H2,1-2H3,(H,20,25)(H,22,27)/t15-/m1/s1. The van der Waals surface area contributed by atoms with Crippen molar-refractivity contribution in [1.82, 2.24) is 25.4 Å². The summed E-state index contributed by atoms with van der Waals surface area (Å²) in [6, 6.07) is 1.21. The van der Waals surface area contributed by atoms with Crippen molar-refractivity contribution >= 4 is 17.8 Å². The highest BCUT2D eigenvalue weighted by atomic mass is 16.5. The van der Waals surface area contributed by atoms with Gasteiger partial charge in [-0.15, -0.1) is 0 Å². The Bertz CT molecular complexity index is 821. The van der Waals surface area contributed by atoms with Crippen LogP contribution in [0.25, 0.3) is 0 Å². The Kier molecular flexibility index (Phi) is 4.82. The number of hydrogen-bond donors (Lipinski definition) is 2. The molecule has 1 atom stereocenters. The van der Waals surface area contributed by atoms with E-state index in [-0.39, 0.29) is 24.4 Å². The second kappa shape index (κ2) is 7.29. The molecule has 0 bridgehead atoms. The lowest BCUT2D eigenvalue weighted by atomic mass is 10.1. The maximum atomic E-state index is 12.9. The molecule has 9 heteroatoms. The summed E-state index contributed by atoms with van der Waals surface area (Å²) in [4.78, 5) is 44.6. The Morgan fingerprint density at radius 1 is 1.36 bits per heavy atom. The van der Waals surface area contributed by atoms with E-state index in [1.54, 1.807) is 13.1 Å². The maximum Gasteiger partial charge on any atom is 0.317 e. The van der Waals surface area contributed by atoms with Crippen LogP contribution in [0.2, 0.25) is 0 Å². The molecule has 0 unspecified atom stereocenters. The molecule has 2 fully saturated rings. The van der Waals surface area contributed by atoms with Gasteiger partial charge in [-0.05, 0) is 18.9 Å². The van der Waals surface area contributed by atoms with Gasteiger partial charge in [0.2, 0.25) is 11.8 Å². The average molecular weight is 387 g/mol. The molecule has 0 aromatic carbocycles. The van der Waals surface area contributed by atoms with Gasteiger partial charge >= 0.3 is 6.03 Å².